The largest absolute Gasteiger partial charge is 0.314 e. The quantitative estimate of drug-likeness (QED) is 0.806. The third-order valence-electron chi connectivity index (χ3n) is 4.36. The molecule has 2 heteroatoms. The molecule has 0 fully saturated rings. The smallest absolute Gasteiger partial charge is 0.0419 e. The normalized spacial score (nSPS) is 15.1. The lowest BCUT2D eigenvalue weighted by molar-refractivity contribution is 0.222. The van der Waals surface area contributed by atoms with E-state index in [1.807, 2.05) is 6.20 Å². The highest BCUT2D eigenvalue weighted by atomic mass is 14.9. The minimum atomic E-state index is 0.368. The highest BCUT2D eigenvalue weighted by Gasteiger charge is 2.23. The Bertz CT molecular complexity index is 375. The van der Waals surface area contributed by atoms with E-state index < -0.39 is 0 Å². The molecule has 1 aromatic rings. The number of aryl methyl sites for hydroxylation is 1. The van der Waals surface area contributed by atoms with Gasteiger partial charge >= 0.3 is 0 Å². The zero-order valence-corrected chi connectivity index (χ0v) is 14.2. The molecule has 0 aromatic carbocycles. The molecule has 114 valence electrons. The Morgan fingerprint density at radius 1 is 1.20 bits per heavy atom. The average Bonchev–Trinajstić information content (AvgIpc) is 2.38. The molecular weight excluding hydrogens is 244 g/mol. The number of likely N-dealkylation sites (N-methyl/N-ethyl adjacent to an activating group) is 1. The van der Waals surface area contributed by atoms with Crippen LogP contribution in [0.3, 0.4) is 0 Å². The molecule has 20 heavy (non-hydrogen) atoms. The first kappa shape index (κ1) is 17.2. The summed E-state index contributed by atoms with van der Waals surface area (Å²) in [4.78, 5) is 4.60. The highest BCUT2D eigenvalue weighted by molar-refractivity contribution is 5.14. The van der Waals surface area contributed by atoms with E-state index >= 15 is 0 Å². The molecule has 1 N–H and O–H groups in total. The van der Waals surface area contributed by atoms with Gasteiger partial charge < -0.3 is 5.32 Å². The maximum atomic E-state index is 4.60. The van der Waals surface area contributed by atoms with Crippen molar-refractivity contribution in [3.05, 3.63) is 29.6 Å². The van der Waals surface area contributed by atoms with Gasteiger partial charge in [-0.25, -0.2) is 0 Å². The average molecular weight is 276 g/mol. The van der Waals surface area contributed by atoms with Crippen molar-refractivity contribution < 1.29 is 0 Å². The number of nitrogens with one attached hydrogen (secondary N) is 1. The maximum Gasteiger partial charge on any atom is 0.0419 e. The van der Waals surface area contributed by atoms with Crippen molar-refractivity contribution in [1.82, 2.24) is 10.3 Å². The van der Waals surface area contributed by atoms with Crippen LogP contribution in [0.25, 0.3) is 0 Å². The molecule has 0 saturated heterocycles. The molecule has 1 rings (SSSR count). The van der Waals surface area contributed by atoms with Gasteiger partial charge in [0.1, 0.15) is 0 Å². The van der Waals surface area contributed by atoms with Gasteiger partial charge in [-0.2, -0.15) is 0 Å². The molecule has 1 heterocycles. The van der Waals surface area contributed by atoms with Crippen LogP contribution in [-0.4, -0.2) is 17.6 Å². The van der Waals surface area contributed by atoms with Crippen LogP contribution in [0.5, 0.6) is 0 Å². The summed E-state index contributed by atoms with van der Waals surface area (Å²) in [5.41, 5.74) is 2.89. The summed E-state index contributed by atoms with van der Waals surface area (Å²) >= 11 is 0. The van der Waals surface area contributed by atoms with E-state index in [2.05, 4.69) is 64.0 Å². The zero-order valence-electron chi connectivity index (χ0n) is 14.2. The predicted octanol–water partition coefficient (Wildman–Crippen LogP) is 4.24. The van der Waals surface area contributed by atoms with E-state index in [1.165, 1.54) is 17.7 Å². The molecule has 0 aliphatic heterocycles. The lowest BCUT2D eigenvalue weighted by Crippen LogP contribution is -2.35. The Morgan fingerprint density at radius 2 is 1.90 bits per heavy atom. The third-order valence-corrected chi connectivity index (χ3v) is 4.36. The van der Waals surface area contributed by atoms with Gasteiger partial charge in [0.05, 0.1) is 0 Å². The second-order valence-corrected chi connectivity index (χ2v) is 6.97. The summed E-state index contributed by atoms with van der Waals surface area (Å²) in [6, 6.07) is 4.91. The first-order chi connectivity index (χ1) is 9.36. The number of hydrogen-bond acceptors (Lipinski definition) is 2. The third kappa shape index (κ3) is 5.62. The fourth-order valence-corrected chi connectivity index (χ4v) is 2.35. The standard InChI is InChI=1S/C18H32N2/c1-7-15-9-10-16(20-13-15)12-17(19-8-2)11-14(3)18(4,5)6/h9-10,13-14,17,19H,7-8,11-12H2,1-6H3. The maximum absolute atomic E-state index is 4.60. The fraction of sp³-hybridized carbons (Fsp3) is 0.722. The Hall–Kier alpha value is -0.890. The first-order valence-electron chi connectivity index (χ1n) is 8.04. The van der Waals surface area contributed by atoms with Gasteiger partial charge in [-0.1, -0.05) is 47.6 Å². The van der Waals surface area contributed by atoms with E-state index in [1.54, 1.807) is 0 Å². The lowest BCUT2D eigenvalue weighted by atomic mass is 9.78. The molecule has 0 aliphatic carbocycles. The number of pyridine rings is 1. The van der Waals surface area contributed by atoms with Crippen LogP contribution in [0.2, 0.25) is 0 Å². The SMILES string of the molecule is CCNC(Cc1ccc(CC)cn1)CC(C)C(C)(C)C. The summed E-state index contributed by atoms with van der Waals surface area (Å²) in [6.07, 6.45) is 5.31. The number of nitrogens with zero attached hydrogens (tertiary/aromatic N) is 1. The second kappa shape index (κ2) is 7.78. The summed E-state index contributed by atoms with van der Waals surface area (Å²) in [6.45, 7) is 14.7. The Balaban J connectivity index is 2.66. The van der Waals surface area contributed by atoms with Crippen molar-refractivity contribution in [2.45, 2.75) is 66.8 Å². The topological polar surface area (TPSA) is 24.9 Å². The van der Waals surface area contributed by atoms with Gasteiger partial charge in [-0.15, -0.1) is 0 Å². The minimum Gasteiger partial charge on any atom is -0.314 e. The number of aromatic nitrogens is 1. The van der Waals surface area contributed by atoms with Crippen LogP contribution in [0.4, 0.5) is 0 Å². The fourth-order valence-electron chi connectivity index (χ4n) is 2.35. The molecule has 2 atom stereocenters. The van der Waals surface area contributed by atoms with Crippen molar-refractivity contribution in [1.29, 1.82) is 0 Å². The summed E-state index contributed by atoms with van der Waals surface area (Å²) in [5, 5.41) is 3.62. The van der Waals surface area contributed by atoms with E-state index in [9.17, 15) is 0 Å². The Labute approximate surface area is 125 Å². The van der Waals surface area contributed by atoms with Crippen LogP contribution < -0.4 is 5.32 Å². The number of hydrogen-bond donors (Lipinski definition) is 1. The van der Waals surface area contributed by atoms with Gasteiger partial charge in [0.25, 0.3) is 0 Å². The minimum absolute atomic E-state index is 0.368. The van der Waals surface area contributed by atoms with Gasteiger partial charge in [-0.3, -0.25) is 4.98 Å². The molecule has 2 nitrogen and oxygen atoms in total. The molecule has 2 unspecified atom stereocenters. The van der Waals surface area contributed by atoms with Crippen LogP contribution in [0.15, 0.2) is 18.3 Å². The molecule has 0 saturated carbocycles. The van der Waals surface area contributed by atoms with E-state index in [0.717, 1.165) is 19.4 Å². The second-order valence-electron chi connectivity index (χ2n) is 6.97. The summed E-state index contributed by atoms with van der Waals surface area (Å²) in [7, 11) is 0. The number of rotatable bonds is 7. The van der Waals surface area contributed by atoms with Gasteiger partial charge in [-0.05, 0) is 42.3 Å². The highest BCUT2D eigenvalue weighted by Crippen LogP contribution is 2.29. The van der Waals surface area contributed by atoms with Gasteiger partial charge in [0.2, 0.25) is 0 Å². The predicted molar refractivity (Wildman–Crippen MR) is 88.0 cm³/mol. The molecule has 1 aromatic heterocycles. The van der Waals surface area contributed by atoms with Gasteiger partial charge in [0.15, 0.2) is 0 Å². The van der Waals surface area contributed by atoms with Crippen molar-refractivity contribution >= 4 is 0 Å². The van der Waals surface area contributed by atoms with Crippen LogP contribution >= 0.6 is 0 Å². The molecule has 0 aliphatic rings. The molecular formula is C18H32N2. The molecule has 0 spiro atoms. The molecule has 0 bridgehead atoms. The summed E-state index contributed by atoms with van der Waals surface area (Å²) < 4.78 is 0. The van der Waals surface area contributed by atoms with Crippen molar-refractivity contribution in [3.8, 4) is 0 Å². The zero-order chi connectivity index (χ0) is 15.2. The first-order valence-corrected chi connectivity index (χ1v) is 8.04. The summed E-state index contributed by atoms with van der Waals surface area (Å²) in [5.74, 6) is 0.696. The van der Waals surface area contributed by atoms with E-state index in [4.69, 9.17) is 0 Å². The molecule has 0 amide bonds. The van der Waals surface area contributed by atoms with Crippen molar-refractivity contribution in [2.75, 3.05) is 6.54 Å². The van der Waals surface area contributed by atoms with E-state index in [-0.39, 0.29) is 0 Å². The van der Waals surface area contributed by atoms with Crippen LogP contribution in [0.1, 0.15) is 59.2 Å². The Kier molecular flexibility index (Phi) is 6.67. The van der Waals surface area contributed by atoms with Crippen LogP contribution in [0, 0.1) is 11.3 Å². The Morgan fingerprint density at radius 3 is 2.35 bits per heavy atom. The van der Waals surface area contributed by atoms with Crippen molar-refractivity contribution in [2.24, 2.45) is 11.3 Å². The van der Waals surface area contributed by atoms with E-state index in [0.29, 0.717) is 17.4 Å². The van der Waals surface area contributed by atoms with Crippen molar-refractivity contribution in [3.63, 3.8) is 0 Å². The van der Waals surface area contributed by atoms with Crippen LogP contribution in [-0.2, 0) is 12.8 Å². The molecule has 0 radical (unpaired) electrons. The van der Waals surface area contributed by atoms with Gasteiger partial charge in [0, 0.05) is 24.4 Å². The monoisotopic (exact) mass is 276 g/mol. The lowest BCUT2D eigenvalue weighted by Gasteiger charge is -2.31.